The quantitative estimate of drug-likeness (QED) is 0.388. The molecule has 0 bridgehead atoms. The number of benzene rings is 2. The van der Waals surface area contributed by atoms with Gasteiger partial charge in [-0.2, -0.15) is 0 Å². The number of hydrogen-bond acceptors (Lipinski definition) is 6. The number of carbonyl (C=O) groups excluding carboxylic acids is 1. The molecule has 2 heterocycles. The van der Waals surface area contributed by atoms with E-state index in [2.05, 4.69) is 33.4 Å². The number of Topliss-reactive ketones (excluding diaryl/α,β-unsaturated/α-hetero) is 1. The normalized spacial score (nSPS) is 11.2. The molecule has 4 rings (SSSR count). The van der Waals surface area contributed by atoms with Crippen LogP contribution in [0.2, 0.25) is 0 Å². The van der Waals surface area contributed by atoms with Crippen LogP contribution in [0, 0.1) is 6.92 Å². The van der Waals surface area contributed by atoms with E-state index < -0.39 is 0 Å². The zero-order valence-corrected chi connectivity index (χ0v) is 16.1. The van der Waals surface area contributed by atoms with E-state index in [1.54, 1.807) is 31.4 Å². The van der Waals surface area contributed by atoms with Crippen LogP contribution in [0.3, 0.4) is 0 Å². The molecule has 2 aromatic carbocycles. The smallest absolute Gasteiger partial charge is 0.211 e. The average Bonchev–Trinajstić information content (AvgIpc) is 2.97. The van der Waals surface area contributed by atoms with Crippen molar-refractivity contribution in [2.45, 2.75) is 12.1 Å². The lowest BCUT2D eigenvalue weighted by Gasteiger charge is -2.03. The van der Waals surface area contributed by atoms with Gasteiger partial charge >= 0.3 is 0 Å². The standard InChI is InChI=1S/C20H18N4O2S/c1-12-4-9-16-15(10-12)18-19(24(16)2)21-20(23-22-18)27-11-17(25)13-5-7-14(26-3)8-6-13/h4-10H,11H2,1-3H3. The van der Waals surface area contributed by atoms with Gasteiger partial charge in [-0.05, 0) is 43.3 Å². The summed E-state index contributed by atoms with van der Waals surface area (Å²) in [5.41, 5.74) is 4.42. The van der Waals surface area contributed by atoms with Crippen LogP contribution in [0.15, 0.2) is 47.6 Å². The van der Waals surface area contributed by atoms with Crippen molar-refractivity contribution in [3.8, 4) is 5.75 Å². The number of fused-ring (bicyclic) bond motifs is 3. The molecular weight excluding hydrogens is 360 g/mol. The summed E-state index contributed by atoms with van der Waals surface area (Å²) in [6.45, 7) is 2.05. The molecule has 6 nitrogen and oxygen atoms in total. The highest BCUT2D eigenvalue weighted by Gasteiger charge is 2.14. The number of nitrogens with zero attached hydrogens (tertiary/aromatic N) is 4. The highest BCUT2D eigenvalue weighted by Crippen LogP contribution is 2.27. The van der Waals surface area contributed by atoms with Gasteiger partial charge in [0.1, 0.15) is 11.3 Å². The van der Waals surface area contributed by atoms with Gasteiger partial charge in [0.15, 0.2) is 11.4 Å². The lowest BCUT2D eigenvalue weighted by molar-refractivity contribution is 0.102. The number of aromatic nitrogens is 4. The summed E-state index contributed by atoms with van der Waals surface area (Å²) in [6, 6.07) is 13.3. The predicted octanol–water partition coefficient (Wildman–Crippen LogP) is 3.81. The van der Waals surface area contributed by atoms with Crippen LogP contribution in [0.25, 0.3) is 22.1 Å². The highest BCUT2D eigenvalue weighted by atomic mass is 32.2. The molecule has 7 heteroatoms. The molecular formula is C20H18N4O2S. The Balaban J connectivity index is 1.58. The van der Waals surface area contributed by atoms with E-state index in [4.69, 9.17) is 4.74 Å². The van der Waals surface area contributed by atoms with Crippen LogP contribution < -0.4 is 4.74 Å². The van der Waals surface area contributed by atoms with Crippen molar-refractivity contribution >= 4 is 39.6 Å². The maximum Gasteiger partial charge on any atom is 0.211 e. The number of carbonyl (C=O) groups is 1. The Morgan fingerprint density at radius 3 is 2.67 bits per heavy atom. The summed E-state index contributed by atoms with van der Waals surface area (Å²) in [5.74, 6) is 0.991. The molecule has 0 amide bonds. The minimum Gasteiger partial charge on any atom is -0.497 e. The van der Waals surface area contributed by atoms with Crippen LogP contribution in [0.4, 0.5) is 0 Å². The summed E-state index contributed by atoms with van der Waals surface area (Å²) >= 11 is 1.29. The second-order valence-electron chi connectivity index (χ2n) is 6.29. The Hall–Kier alpha value is -2.93. The van der Waals surface area contributed by atoms with Crippen LogP contribution >= 0.6 is 11.8 Å². The van der Waals surface area contributed by atoms with Gasteiger partial charge < -0.3 is 9.30 Å². The van der Waals surface area contributed by atoms with E-state index in [9.17, 15) is 4.79 Å². The van der Waals surface area contributed by atoms with Gasteiger partial charge in [0.25, 0.3) is 0 Å². The zero-order chi connectivity index (χ0) is 19.0. The third-order valence-corrected chi connectivity index (χ3v) is 5.32. The second kappa shape index (κ2) is 7.00. The molecule has 0 saturated heterocycles. The number of hydrogen-bond donors (Lipinski definition) is 0. The van der Waals surface area contributed by atoms with E-state index >= 15 is 0 Å². The van der Waals surface area contributed by atoms with Crippen molar-refractivity contribution in [1.82, 2.24) is 19.7 Å². The van der Waals surface area contributed by atoms with Crippen LogP contribution in [0.1, 0.15) is 15.9 Å². The maximum absolute atomic E-state index is 12.4. The lowest BCUT2D eigenvalue weighted by atomic mass is 10.1. The monoisotopic (exact) mass is 378 g/mol. The number of ether oxygens (including phenoxy) is 1. The molecule has 2 aromatic heterocycles. The first-order chi connectivity index (χ1) is 13.1. The van der Waals surface area contributed by atoms with Gasteiger partial charge in [-0.3, -0.25) is 4.79 Å². The molecule has 27 heavy (non-hydrogen) atoms. The molecule has 0 saturated carbocycles. The summed E-state index contributed by atoms with van der Waals surface area (Å²) in [4.78, 5) is 17.0. The van der Waals surface area contributed by atoms with Crippen molar-refractivity contribution in [2.75, 3.05) is 12.9 Å². The fraction of sp³-hybridized carbons (Fsp3) is 0.200. The fourth-order valence-corrected chi connectivity index (χ4v) is 3.69. The number of ketones is 1. The van der Waals surface area contributed by atoms with E-state index in [0.29, 0.717) is 10.7 Å². The van der Waals surface area contributed by atoms with Crippen molar-refractivity contribution in [2.24, 2.45) is 7.05 Å². The van der Waals surface area contributed by atoms with Gasteiger partial charge in [0.2, 0.25) is 5.16 Å². The molecule has 0 fully saturated rings. The zero-order valence-electron chi connectivity index (χ0n) is 15.3. The number of methoxy groups -OCH3 is 1. The SMILES string of the molecule is COc1ccc(C(=O)CSc2nnc3c4cc(C)ccc4n(C)c3n2)cc1. The first-order valence-corrected chi connectivity index (χ1v) is 9.45. The Morgan fingerprint density at radius 2 is 1.93 bits per heavy atom. The van der Waals surface area contributed by atoms with Crippen LogP contribution in [0.5, 0.6) is 5.75 Å². The average molecular weight is 378 g/mol. The van der Waals surface area contributed by atoms with E-state index in [0.717, 1.165) is 27.8 Å². The summed E-state index contributed by atoms with van der Waals surface area (Å²) in [5, 5.41) is 10.1. The molecule has 0 spiro atoms. The van der Waals surface area contributed by atoms with Crippen LogP contribution in [-0.4, -0.2) is 38.4 Å². The molecule has 0 aliphatic rings. The Labute approximate surface area is 160 Å². The molecule has 0 aliphatic carbocycles. The highest BCUT2D eigenvalue weighted by molar-refractivity contribution is 7.99. The van der Waals surface area contributed by atoms with Crippen molar-refractivity contribution in [3.63, 3.8) is 0 Å². The first kappa shape index (κ1) is 17.5. The third-order valence-electron chi connectivity index (χ3n) is 4.48. The maximum atomic E-state index is 12.4. The summed E-state index contributed by atoms with van der Waals surface area (Å²) < 4.78 is 7.12. The predicted molar refractivity (Wildman–Crippen MR) is 107 cm³/mol. The van der Waals surface area contributed by atoms with Crippen molar-refractivity contribution in [1.29, 1.82) is 0 Å². The number of rotatable bonds is 5. The van der Waals surface area contributed by atoms with E-state index in [-0.39, 0.29) is 11.5 Å². The Kier molecular flexibility index (Phi) is 4.53. The molecule has 0 unspecified atom stereocenters. The number of aryl methyl sites for hydroxylation is 2. The van der Waals surface area contributed by atoms with Crippen molar-refractivity contribution in [3.05, 3.63) is 53.6 Å². The fourth-order valence-electron chi connectivity index (χ4n) is 3.01. The number of thioether (sulfide) groups is 1. The van der Waals surface area contributed by atoms with Gasteiger partial charge in [-0.1, -0.05) is 23.4 Å². The first-order valence-electron chi connectivity index (χ1n) is 8.46. The van der Waals surface area contributed by atoms with Gasteiger partial charge in [0, 0.05) is 18.0 Å². The Morgan fingerprint density at radius 1 is 1.15 bits per heavy atom. The van der Waals surface area contributed by atoms with E-state index in [1.807, 2.05) is 18.5 Å². The molecule has 0 aliphatic heterocycles. The molecule has 0 N–H and O–H groups in total. The third kappa shape index (κ3) is 3.26. The van der Waals surface area contributed by atoms with E-state index in [1.165, 1.54) is 17.3 Å². The minimum absolute atomic E-state index is 0.0130. The topological polar surface area (TPSA) is 69.9 Å². The molecule has 0 radical (unpaired) electrons. The lowest BCUT2D eigenvalue weighted by Crippen LogP contribution is -2.04. The summed E-state index contributed by atoms with van der Waals surface area (Å²) in [6.07, 6.45) is 0. The molecule has 0 atom stereocenters. The minimum atomic E-state index is 0.0130. The van der Waals surface area contributed by atoms with Gasteiger partial charge in [0.05, 0.1) is 18.4 Å². The second-order valence-corrected chi connectivity index (χ2v) is 7.23. The van der Waals surface area contributed by atoms with Gasteiger partial charge in [-0.25, -0.2) is 4.98 Å². The largest absolute Gasteiger partial charge is 0.497 e. The van der Waals surface area contributed by atoms with Crippen LogP contribution in [-0.2, 0) is 7.05 Å². The molecule has 136 valence electrons. The summed E-state index contributed by atoms with van der Waals surface area (Å²) in [7, 11) is 3.56. The Bertz CT molecular complexity index is 1150. The molecule has 4 aromatic rings. The van der Waals surface area contributed by atoms with Crippen molar-refractivity contribution < 1.29 is 9.53 Å². The van der Waals surface area contributed by atoms with Gasteiger partial charge in [-0.15, -0.1) is 10.2 Å².